The van der Waals surface area contributed by atoms with Gasteiger partial charge in [-0.2, -0.15) is 0 Å². The number of nitrogens with zero attached hydrogens (tertiary/aromatic N) is 7. The van der Waals surface area contributed by atoms with E-state index in [2.05, 4.69) is 62.6 Å². The molecule has 0 saturated carbocycles. The van der Waals surface area contributed by atoms with Crippen molar-refractivity contribution in [1.29, 1.82) is 0 Å². The van der Waals surface area contributed by atoms with Gasteiger partial charge in [0.1, 0.15) is 0 Å². The predicted molar refractivity (Wildman–Crippen MR) is 172 cm³/mol. The van der Waals surface area contributed by atoms with Crippen molar-refractivity contribution in [2.45, 2.75) is 58.2 Å². The number of benzene rings is 1. The van der Waals surface area contributed by atoms with E-state index in [4.69, 9.17) is 10.7 Å². The van der Waals surface area contributed by atoms with Crippen LogP contribution in [0.1, 0.15) is 49.8 Å². The molecule has 11 heteroatoms. The monoisotopic (exact) mass is 589 g/mol. The third-order valence-electron chi connectivity index (χ3n) is 9.24. The second-order valence-corrected chi connectivity index (χ2v) is 12.2. The Morgan fingerprint density at radius 2 is 1.67 bits per heavy atom. The molecular formula is C32H47N9O2. The molecule has 0 unspecified atom stereocenters. The van der Waals surface area contributed by atoms with Crippen LogP contribution in [0.4, 0.5) is 23.0 Å². The van der Waals surface area contributed by atoms with Gasteiger partial charge in [0, 0.05) is 81.9 Å². The van der Waals surface area contributed by atoms with Crippen LogP contribution in [0.15, 0.2) is 36.9 Å². The predicted octanol–water partition coefficient (Wildman–Crippen LogP) is 2.71. The molecule has 3 fully saturated rings. The highest BCUT2D eigenvalue weighted by Gasteiger charge is 2.34. The number of nitrogens with two attached hydrogens (primary N) is 1. The number of anilines is 4. The molecule has 1 aromatic heterocycles. The van der Waals surface area contributed by atoms with Gasteiger partial charge in [-0.15, -0.1) is 0 Å². The Kier molecular flexibility index (Phi) is 9.51. The van der Waals surface area contributed by atoms with Gasteiger partial charge in [0.25, 0.3) is 5.91 Å². The van der Waals surface area contributed by atoms with E-state index in [1.165, 1.54) is 37.7 Å². The number of piperazine rings is 2. The molecule has 3 aliphatic heterocycles. The van der Waals surface area contributed by atoms with Crippen LogP contribution in [0.25, 0.3) is 0 Å². The smallest absolute Gasteiger partial charge is 0.271 e. The number of amides is 2. The van der Waals surface area contributed by atoms with Gasteiger partial charge < -0.3 is 30.7 Å². The molecule has 11 nitrogen and oxygen atoms in total. The van der Waals surface area contributed by atoms with Crippen LogP contribution >= 0.6 is 0 Å². The zero-order chi connectivity index (χ0) is 30.7. The third kappa shape index (κ3) is 6.78. The topological polar surface area (TPSA) is 114 Å². The molecule has 3 N–H and O–H groups in total. The molecule has 232 valence electrons. The number of carbonyl (C=O) groups is 2. The van der Waals surface area contributed by atoms with Crippen molar-refractivity contribution in [3.8, 4) is 0 Å². The SMILES string of the molecule is C=CC(=O)N1C[C@@H](C)N(c2nc(Nc3ccc(N4CCC(N5CCN(C)CC5)CC4)cc3)c(C(N)=O)nc2CC)C[C@@H]1C. The first-order valence-corrected chi connectivity index (χ1v) is 15.6. The molecule has 2 atom stereocenters. The molecule has 0 aliphatic carbocycles. The Morgan fingerprint density at radius 3 is 2.28 bits per heavy atom. The van der Waals surface area contributed by atoms with Gasteiger partial charge in [-0.05, 0) is 70.5 Å². The molecule has 3 aliphatic rings. The lowest BCUT2D eigenvalue weighted by atomic mass is 10.0. The lowest BCUT2D eigenvalue weighted by molar-refractivity contribution is -0.128. The number of hydrogen-bond acceptors (Lipinski definition) is 9. The maximum absolute atomic E-state index is 12.5. The van der Waals surface area contributed by atoms with Gasteiger partial charge in [-0.25, -0.2) is 9.97 Å². The lowest BCUT2D eigenvalue weighted by Crippen LogP contribution is -2.58. The van der Waals surface area contributed by atoms with Gasteiger partial charge in [-0.3, -0.25) is 14.5 Å². The molecule has 2 amide bonds. The minimum Gasteiger partial charge on any atom is -0.371 e. The Hall–Kier alpha value is -3.70. The number of hydrogen-bond donors (Lipinski definition) is 2. The van der Waals surface area contributed by atoms with Crippen LogP contribution in [0.3, 0.4) is 0 Å². The summed E-state index contributed by atoms with van der Waals surface area (Å²) < 4.78 is 0. The highest BCUT2D eigenvalue weighted by atomic mass is 16.2. The number of nitrogens with one attached hydrogen (secondary N) is 1. The summed E-state index contributed by atoms with van der Waals surface area (Å²) in [6.07, 6.45) is 4.32. The highest BCUT2D eigenvalue weighted by molar-refractivity contribution is 5.96. The third-order valence-corrected chi connectivity index (χ3v) is 9.24. The second-order valence-electron chi connectivity index (χ2n) is 12.2. The van der Waals surface area contributed by atoms with E-state index in [-0.39, 0.29) is 23.7 Å². The van der Waals surface area contributed by atoms with Crippen molar-refractivity contribution in [2.24, 2.45) is 5.73 Å². The summed E-state index contributed by atoms with van der Waals surface area (Å²) in [6, 6.07) is 8.94. The number of primary amides is 1. The Balaban J connectivity index is 1.30. The van der Waals surface area contributed by atoms with E-state index in [1.807, 2.05) is 30.9 Å². The molecule has 1 aromatic carbocycles. The number of piperidine rings is 1. The minimum absolute atomic E-state index is 0.00616. The minimum atomic E-state index is -0.626. The fraction of sp³-hybridized carbons (Fsp3) is 0.562. The van der Waals surface area contributed by atoms with Gasteiger partial charge in [0.05, 0.1) is 5.69 Å². The lowest BCUT2D eigenvalue weighted by Gasteiger charge is -2.44. The Bertz CT molecular complexity index is 1300. The van der Waals surface area contributed by atoms with Crippen LogP contribution in [0, 0.1) is 0 Å². The van der Waals surface area contributed by atoms with Crippen LogP contribution in [-0.2, 0) is 11.2 Å². The fourth-order valence-corrected chi connectivity index (χ4v) is 6.60. The molecule has 4 heterocycles. The zero-order valence-electron chi connectivity index (χ0n) is 26.1. The first-order valence-electron chi connectivity index (χ1n) is 15.6. The molecule has 3 saturated heterocycles. The van der Waals surface area contributed by atoms with Crippen molar-refractivity contribution in [1.82, 2.24) is 24.7 Å². The summed E-state index contributed by atoms with van der Waals surface area (Å²) >= 11 is 0. The summed E-state index contributed by atoms with van der Waals surface area (Å²) in [5.74, 6) is 0.346. The summed E-state index contributed by atoms with van der Waals surface area (Å²) in [6.45, 7) is 17.6. The van der Waals surface area contributed by atoms with Gasteiger partial charge in [0.15, 0.2) is 17.3 Å². The van der Waals surface area contributed by atoms with Gasteiger partial charge >= 0.3 is 0 Å². The van der Waals surface area contributed by atoms with E-state index in [1.54, 1.807) is 0 Å². The maximum Gasteiger partial charge on any atom is 0.271 e. The number of rotatable bonds is 8. The van der Waals surface area contributed by atoms with E-state index in [0.29, 0.717) is 42.9 Å². The van der Waals surface area contributed by atoms with Crippen molar-refractivity contribution in [3.05, 3.63) is 48.3 Å². The van der Waals surface area contributed by atoms with Crippen LogP contribution in [0.2, 0.25) is 0 Å². The Morgan fingerprint density at radius 1 is 1.00 bits per heavy atom. The quantitative estimate of drug-likeness (QED) is 0.449. The van der Waals surface area contributed by atoms with Crippen molar-refractivity contribution < 1.29 is 9.59 Å². The Labute approximate surface area is 255 Å². The maximum atomic E-state index is 12.5. The standard InChI is InChI=1S/C32H47N9O2/c1-6-27-32(41-21-22(3)40(20-23(41)4)28(42)7-2)36-31(29(35-27)30(33)43)34-24-8-10-25(11-9-24)38-14-12-26(13-15-38)39-18-16-37(5)17-19-39/h7-11,22-23,26H,2,6,12-21H2,1,3-5H3,(H2,33,43)(H,34,36)/t22-,23+/m0/s1. The molecular weight excluding hydrogens is 542 g/mol. The molecule has 2 aromatic rings. The fourth-order valence-electron chi connectivity index (χ4n) is 6.60. The number of aromatic nitrogens is 2. The van der Waals surface area contributed by atoms with Crippen LogP contribution < -0.4 is 20.9 Å². The van der Waals surface area contributed by atoms with Crippen molar-refractivity contribution in [2.75, 3.05) is 74.5 Å². The van der Waals surface area contributed by atoms with Crippen LogP contribution in [-0.4, -0.2) is 114 Å². The summed E-state index contributed by atoms with van der Waals surface area (Å²) in [7, 11) is 2.21. The second kappa shape index (κ2) is 13.3. The number of aryl methyl sites for hydroxylation is 1. The summed E-state index contributed by atoms with van der Waals surface area (Å²) in [5.41, 5.74) is 8.60. The number of carbonyl (C=O) groups excluding carboxylic acids is 2. The van der Waals surface area contributed by atoms with E-state index >= 15 is 0 Å². The van der Waals surface area contributed by atoms with Gasteiger partial charge in [0.2, 0.25) is 5.91 Å². The molecule has 5 rings (SSSR count). The molecule has 0 bridgehead atoms. The average molecular weight is 590 g/mol. The zero-order valence-corrected chi connectivity index (χ0v) is 26.1. The summed E-state index contributed by atoms with van der Waals surface area (Å²) in [5, 5.41) is 3.32. The highest BCUT2D eigenvalue weighted by Crippen LogP contribution is 2.30. The van der Waals surface area contributed by atoms with E-state index < -0.39 is 5.91 Å². The first-order chi connectivity index (χ1) is 20.7. The van der Waals surface area contributed by atoms with E-state index in [9.17, 15) is 9.59 Å². The summed E-state index contributed by atoms with van der Waals surface area (Å²) in [4.78, 5) is 46.0. The van der Waals surface area contributed by atoms with E-state index in [0.717, 1.165) is 31.9 Å². The first kappa shape index (κ1) is 30.7. The normalized spacial score (nSPS) is 22.5. The van der Waals surface area contributed by atoms with Gasteiger partial charge in [-0.1, -0.05) is 13.5 Å². The number of likely N-dealkylation sites (N-methyl/N-ethyl adjacent to an activating group) is 1. The van der Waals surface area contributed by atoms with Crippen molar-refractivity contribution >= 4 is 34.8 Å². The molecule has 43 heavy (non-hydrogen) atoms. The average Bonchev–Trinajstić information content (AvgIpc) is 3.02. The largest absolute Gasteiger partial charge is 0.371 e. The van der Waals surface area contributed by atoms with Crippen molar-refractivity contribution in [3.63, 3.8) is 0 Å². The van der Waals surface area contributed by atoms with Crippen LogP contribution in [0.5, 0.6) is 0 Å². The molecule has 0 radical (unpaired) electrons. The molecule has 0 spiro atoms.